The van der Waals surface area contributed by atoms with Crippen LogP contribution in [0.25, 0.3) is 0 Å². The molecular weight excluding hydrogens is 208 g/mol. The Morgan fingerprint density at radius 3 is 2.35 bits per heavy atom. The Bertz CT molecular complexity index is 338. The molecule has 2 nitrogen and oxygen atoms in total. The van der Waals surface area contributed by atoms with Crippen molar-refractivity contribution in [1.29, 1.82) is 0 Å². The fourth-order valence-electron chi connectivity index (χ4n) is 2.25. The number of rotatable bonds is 6. The van der Waals surface area contributed by atoms with E-state index < -0.39 is 0 Å². The van der Waals surface area contributed by atoms with Crippen LogP contribution in [0.4, 0.5) is 5.69 Å². The molecule has 2 rings (SSSR count). The van der Waals surface area contributed by atoms with Crippen molar-refractivity contribution in [2.45, 2.75) is 39.3 Å². The van der Waals surface area contributed by atoms with E-state index in [2.05, 4.69) is 48.3 Å². The quantitative estimate of drug-likeness (QED) is 0.811. The first-order valence-electron chi connectivity index (χ1n) is 6.71. The van der Waals surface area contributed by atoms with Gasteiger partial charge < -0.3 is 10.2 Å². The summed E-state index contributed by atoms with van der Waals surface area (Å²) in [7, 11) is 1.99. The van der Waals surface area contributed by atoms with Crippen LogP contribution in [-0.4, -0.2) is 19.6 Å². The van der Waals surface area contributed by atoms with Crippen molar-refractivity contribution in [2.24, 2.45) is 5.92 Å². The molecule has 1 fully saturated rings. The summed E-state index contributed by atoms with van der Waals surface area (Å²) in [6.45, 7) is 6.72. The molecule has 0 heterocycles. The zero-order chi connectivity index (χ0) is 12.3. The Labute approximate surface area is 105 Å². The third kappa shape index (κ3) is 3.47. The summed E-state index contributed by atoms with van der Waals surface area (Å²) in [4.78, 5) is 2.58. The molecule has 0 atom stereocenters. The molecule has 0 bridgehead atoms. The Morgan fingerprint density at radius 2 is 1.88 bits per heavy atom. The van der Waals surface area contributed by atoms with E-state index in [9.17, 15) is 0 Å². The Balaban J connectivity index is 2.07. The number of anilines is 1. The maximum atomic E-state index is 3.19. The number of nitrogens with one attached hydrogen (secondary N) is 1. The molecular formula is C15H24N2. The summed E-state index contributed by atoms with van der Waals surface area (Å²) in [6, 6.07) is 9.82. The van der Waals surface area contributed by atoms with Gasteiger partial charge in [0, 0.05) is 24.8 Å². The Hall–Kier alpha value is -1.02. The predicted molar refractivity (Wildman–Crippen MR) is 74.4 cm³/mol. The molecule has 0 amide bonds. The van der Waals surface area contributed by atoms with E-state index in [1.54, 1.807) is 0 Å². The van der Waals surface area contributed by atoms with E-state index in [1.807, 2.05) is 7.05 Å². The average molecular weight is 232 g/mol. The maximum Gasteiger partial charge on any atom is 0.0368 e. The molecule has 1 aromatic carbocycles. The standard InChI is InChI=1S/C15H24N2/c1-12(2)11-17(15-8-9-15)14-6-4-13(5-7-14)10-16-3/h4-7,12,15-16H,8-11H2,1-3H3. The molecule has 0 radical (unpaired) electrons. The van der Waals surface area contributed by atoms with Gasteiger partial charge in [-0.1, -0.05) is 26.0 Å². The fourth-order valence-corrected chi connectivity index (χ4v) is 2.25. The lowest BCUT2D eigenvalue weighted by Gasteiger charge is -2.26. The van der Waals surface area contributed by atoms with E-state index in [-0.39, 0.29) is 0 Å². The van der Waals surface area contributed by atoms with Gasteiger partial charge in [-0.2, -0.15) is 0 Å². The molecule has 0 aromatic heterocycles. The highest BCUT2D eigenvalue weighted by Gasteiger charge is 2.29. The highest BCUT2D eigenvalue weighted by Crippen LogP contribution is 2.32. The minimum Gasteiger partial charge on any atom is -0.368 e. The summed E-state index contributed by atoms with van der Waals surface area (Å²) >= 11 is 0. The van der Waals surface area contributed by atoms with Gasteiger partial charge in [0.15, 0.2) is 0 Å². The minimum atomic E-state index is 0.729. The van der Waals surface area contributed by atoms with Gasteiger partial charge in [0.25, 0.3) is 0 Å². The van der Waals surface area contributed by atoms with Crippen molar-refractivity contribution >= 4 is 5.69 Å². The van der Waals surface area contributed by atoms with Gasteiger partial charge in [0.1, 0.15) is 0 Å². The summed E-state index contributed by atoms with van der Waals surface area (Å²) in [5.41, 5.74) is 2.75. The smallest absolute Gasteiger partial charge is 0.0368 e. The SMILES string of the molecule is CNCc1ccc(N(CC(C)C)C2CC2)cc1. The second-order valence-electron chi connectivity index (χ2n) is 5.47. The van der Waals surface area contributed by atoms with Crippen molar-refractivity contribution in [1.82, 2.24) is 5.32 Å². The second-order valence-corrected chi connectivity index (χ2v) is 5.47. The minimum absolute atomic E-state index is 0.729. The first-order chi connectivity index (χ1) is 8.20. The lowest BCUT2D eigenvalue weighted by atomic mass is 10.1. The van der Waals surface area contributed by atoms with Crippen LogP contribution in [0.2, 0.25) is 0 Å². The monoisotopic (exact) mass is 232 g/mol. The summed E-state index contributed by atoms with van der Waals surface area (Å²) in [5.74, 6) is 0.729. The van der Waals surface area contributed by atoms with E-state index in [0.717, 1.165) is 18.5 Å². The Kier molecular flexibility index (Phi) is 4.06. The van der Waals surface area contributed by atoms with Gasteiger partial charge in [-0.15, -0.1) is 0 Å². The number of nitrogens with zero attached hydrogens (tertiary/aromatic N) is 1. The van der Waals surface area contributed by atoms with Crippen molar-refractivity contribution < 1.29 is 0 Å². The van der Waals surface area contributed by atoms with Gasteiger partial charge in [-0.3, -0.25) is 0 Å². The zero-order valence-corrected chi connectivity index (χ0v) is 11.2. The largest absolute Gasteiger partial charge is 0.368 e. The summed E-state index contributed by atoms with van der Waals surface area (Å²) < 4.78 is 0. The molecule has 0 unspecified atom stereocenters. The molecule has 0 saturated heterocycles. The third-order valence-corrected chi connectivity index (χ3v) is 3.20. The van der Waals surface area contributed by atoms with Gasteiger partial charge in [0.2, 0.25) is 0 Å². The van der Waals surface area contributed by atoms with Crippen LogP contribution in [0.3, 0.4) is 0 Å². The van der Waals surface area contributed by atoms with E-state index in [1.165, 1.54) is 30.6 Å². The lowest BCUT2D eigenvalue weighted by molar-refractivity contribution is 0.607. The third-order valence-electron chi connectivity index (χ3n) is 3.20. The highest BCUT2D eigenvalue weighted by atomic mass is 15.2. The molecule has 1 aromatic rings. The van der Waals surface area contributed by atoms with Crippen molar-refractivity contribution in [3.8, 4) is 0 Å². The van der Waals surface area contributed by atoms with Crippen LogP contribution in [0.1, 0.15) is 32.3 Å². The normalized spacial score (nSPS) is 15.3. The maximum absolute atomic E-state index is 3.19. The molecule has 1 aliphatic carbocycles. The molecule has 17 heavy (non-hydrogen) atoms. The molecule has 0 aliphatic heterocycles. The van der Waals surface area contributed by atoms with Crippen LogP contribution < -0.4 is 10.2 Å². The zero-order valence-electron chi connectivity index (χ0n) is 11.2. The van der Waals surface area contributed by atoms with E-state index >= 15 is 0 Å². The topological polar surface area (TPSA) is 15.3 Å². The Morgan fingerprint density at radius 1 is 1.24 bits per heavy atom. The molecule has 2 heteroatoms. The molecule has 1 saturated carbocycles. The first kappa shape index (κ1) is 12.4. The van der Waals surface area contributed by atoms with Crippen LogP contribution in [0, 0.1) is 5.92 Å². The number of hydrogen-bond donors (Lipinski definition) is 1. The molecule has 1 aliphatic rings. The average Bonchev–Trinajstić information content (AvgIpc) is 3.11. The van der Waals surface area contributed by atoms with Crippen molar-refractivity contribution in [3.63, 3.8) is 0 Å². The number of benzene rings is 1. The van der Waals surface area contributed by atoms with Crippen LogP contribution in [0.5, 0.6) is 0 Å². The van der Waals surface area contributed by atoms with Crippen molar-refractivity contribution in [3.05, 3.63) is 29.8 Å². The molecule has 1 N–H and O–H groups in total. The molecule has 0 spiro atoms. The van der Waals surface area contributed by atoms with Gasteiger partial charge in [-0.25, -0.2) is 0 Å². The summed E-state index contributed by atoms with van der Waals surface area (Å²) in [5, 5.41) is 3.19. The first-order valence-corrected chi connectivity index (χ1v) is 6.71. The second kappa shape index (κ2) is 5.54. The summed E-state index contributed by atoms with van der Waals surface area (Å²) in [6.07, 6.45) is 2.73. The van der Waals surface area contributed by atoms with Gasteiger partial charge >= 0.3 is 0 Å². The van der Waals surface area contributed by atoms with Gasteiger partial charge in [-0.05, 0) is 43.5 Å². The van der Waals surface area contributed by atoms with Crippen molar-refractivity contribution in [2.75, 3.05) is 18.5 Å². The van der Waals surface area contributed by atoms with E-state index in [4.69, 9.17) is 0 Å². The fraction of sp³-hybridized carbons (Fsp3) is 0.600. The lowest BCUT2D eigenvalue weighted by Crippen LogP contribution is -2.29. The molecule has 94 valence electrons. The predicted octanol–water partition coefficient (Wildman–Crippen LogP) is 3.03. The highest BCUT2D eigenvalue weighted by molar-refractivity contribution is 5.49. The van der Waals surface area contributed by atoms with Crippen LogP contribution in [-0.2, 0) is 6.54 Å². The number of hydrogen-bond acceptors (Lipinski definition) is 2. The van der Waals surface area contributed by atoms with Gasteiger partial charge in [0.05, 0.1) is 0 Å². The van der Waals surface area contributed by atoms with Crippen LogP contribution >= 0.6 is 0 Å². The van der Waals surface area contributed by atoms with E-state index in [0.29, 0.717) is 0 Å². The van der Waals surface area contributed by atoms with Crippen LogP contribution in [0.15, 0.2) is 24.3 Å².